The van der Waals surface area contributed by atoms with Crippen LogP contribution in [0.4, 0.5) is 0 Å². The van der Waals surface area contributed by atoms with Crippen molar-refractivity contribution in [2.45, 2.75) is 95.7 Å². The molecule has 0 radical (unpaired) electrons. The SMILES string of the molecule is CCCCCCCC(Br)CCCCCCC. The lowest BCUT2D eigenvalue weighted by Crippen LogP contribution is -1.97. The Labute approximate surface area is 112 Å². The van der Waals surface area contributed by atoms with Gasteiger partial charge in [-0.2, -0.15) is 0 Å². The second-order valence-corrected chi connectivity index (χ2v) is 6.30. The number of unbranched alkanes of at least 4 members (excludes halogenated alkanes) is 8. The van der Waals surface area contributed by atoms with Crippen molar-refractivity contribution in [3.8, 4) is 0 Å². The van der Waals surface area contributed by atoms with Crippen molar-refractivity contribution in [3.63, 3.8) is 0 Å². The Morgan fingerprint density at radius 3 is 1.38 bits per heavy atom. The zero-order valence-electron chi connectivity index (χ0n) is 11.4. The lowest BCUT2D eigenvalue weighted by atomic mass is 10.0. The Bertz CT molecular complexity index is 109. The first-order valence-electron chi connectivity index (χ1n) is 7.45. The van der Waals surface area contributed by atoms with Gasteiger partial charge in [0.2, 0.25) is 0 Å². The summed E-state index contributed by atoms with van der Waals surface area (Å²) in [5.74, 6) is 0. The summed E-state index contributed by atoms with van der Waals surface area (Å²) < 4.78 is 0. The average molecular weight is 291 g/mol. The molecule has 0 fully saturated rings. The van der Waals surface area contributed by atoms with Gasteiger partial charge >= 0.3 is 0 Å². The summed E-state index contributed by atoms with van der Waals surface area (Å²) in [6.07, 6.45) is 16.9. The van der Waals surface area contributed by atoms with Gasteiger partial charge in [-0.1, -0.05) is 94.0 Å². The van der Waals surface area contributed by atoms with E-state index in [0.717, 1.165) is 4.83 Å². The number of halogens is 1. The zero-order chi connectivity index (χ0) is 12.1. The summed E-state index contributed by atoms with van der Waals surface area (Å²) in [5, 5.41) is 0. The summed E-state index contributed by atoms with van der Waals surface area (Å²) in [7, 11) is 0. The number of rotatable bonds is 12. The van der Waals surface area contributed by atoms with Crippen LogP contribution < -0.4 is 0 Å². The minimum atomic E-state index is 0.788. The van der Waals surface area contributed by atoms with Gasteiger partial charge in [-0.25, -0.2) is 0 Å². The maximum absolute atomic E-state index is 3.82. The molecule has 0 heterocycles. The molecule has 0 aromatic heterocycles. The third-order valence-corrected chi connectivity index (χ3v) is 4.16. The molecular formula is C15H31Br. The minimum Gasteiger partial charge on any atom is -0.0891 e. The van der Waals surface area contributed by atoms with Crippen molar-refractivity contribution < 1.29 is 0 Å². The molecule has 0 saturated carbocycles. The highest BCUT2D eigenvalue weighted by Crippen LogP contribution is 2.19. The predicted octanol–water partition coefficient (Wildman–Crippen LogP) is 6.47. The van der Waals surface area contributed by atoms with Crippen molar-refractivity contribution in [1.29, 1.82) is 0 Å². The fraction of sp³-hybridized carbons (Fsp3) is 1.00. The van der Waals surface area contributed by atoms with Crippen LogP contribution in [0.3, 0.4) is 0 Å². The summed E-state index contributed by atoms with van der Waals surface area (Å²) in [5.41, 5.74) is 0. The third kappa shape index (κ3) is 12.5. The van der Waals surface area contributed by atoms with E-state index in [-0.39, 0.29) is 0 Å². The zero-order valence-corrected chi connectivity index (χ0v) is 13.0. The molecule has 0 aliphatic rings. The molecule has 0 spiro atoms. The van der Waals surface area contributed by atoms with Gasteiger partial charge in [-0.3, -0.25) is 0 Å². The number of alkyl halides is 1. The molecule has 0 unspecified atom stereocenters. The Kier molecular flexibility index (Phi) is 14.0. The Morgan fingerprint density at radius 1 is 0.625 bits per heavy atom. The van der Waals surface area contributed by atoms with Crippen molar-refractivity contribution in [2.75, 3.05) is 0 Å². The molecule has 0 aromatic carbocycles. The number of hydrogen-bond acceptors (Lipinski definition) is 0. The van der Waals surface area contributed by atoms with Crippen molar-refractivity contribution in [1.82, 2.24) is 0 Å². The molecule has 0 saturated heterocycles. The first-order valence-corrected chi connectivity index (χ1v) is 8.36. The molecule has 0 bridgehead atoms. The monoisotopic (exact) mass is 290 g/mol. The summed E-state index contributed by atoms with van der Waals surface area (Å²) in [6.45, 7) is 4.56. The van der Waals surface area contributed by atoms with Gasteiger partial charge < -0.3 is 0 Å². The van der Waals surface area contributed by atoms with Gasteiger partial charge in [0.25, 0.3) is 0 Å². The molecule has 16 heavy (non-hydrogen) atoms. The van der Waals surface area contributed by atoms with E-state index in [4.69, 9.17) is 0 Å². The smallest absolute Gasteiger partial charge is 0.0145 e. The molecule has 0 aliphatic carbocycles. The fourth-order valence-corrected chi connectivity index (χ4v) is 2.73. The Morgan fingerprint density at radius 2 is 1.00 bits per heavy atom. The van der Waals surface area contributed by atoms with E-state index in [0.29, 0.717) is 0 Å². The van der Waals surface area contributed by atoms with E-state index in [9.17, 15) is 0 Å². The highest BCUT2D eigenvalue weighted by Gasteiger charge is 2.03. The molecule has 0 aromatic rings. The van der Waals surface area contributed by atoms with Crippen LogP contribution in [-0.2, 0) is 0 Å². The highest BCUT2D eigenvalue weighted by molar-refractivity contribution is 9.09. The molecule has 0 rings (SSSR count). The van der Waals surface area contributed by atoms with Crippen LogP contribution in [0.1, 0.15) is 90.9 Å². The molecular weight excluding hydrogens is 260 g/mol. The second-order valence-electron chi connectivity index (χ2n) is 5.00. The van der Waals surface area contributed by atoms with Crippen LogP contribution >= 0.6 is 15.9 Å². The van der Waals surface area contributed by atoms with Gasteiger partial charge in [-0.05, 0) is 12.8 Å². The van der Waals surface area contributed by atoms with E-state index in [1.807, 2.05) is 0 Å². The molecule has 0 amide bonds. The lowest BCUT2D eigenvalue weighted by molar-refractivity contribution is 0.555. The highest BCUT2D eigenvalue weighted by atomic mass is 79.9. The van der Waals surface area contributed by atoms with Gasteiger partial charge in [-0.15, -0.1) is 0 Å². The van der Waals surface area contributed by atoms with Crippen LogP contribution in [0.2, 0.25) is 0 Å². The van der Waals surface area contributed by atoms with Crippen LogP contribution in [0.5, 0.6) is 0 Å². The van der Waals surface area contributed by atoms with Gasteiger partial charge in [0.1, 0.15) is 0 Å². The largest absolute Gasteiger partial charge is 0.0891 e. The standard InChI is InChI=1S/C15H31Br/c1-3-5-7-9-11-13-15(16)14-12-10-8-6-4-2/h15H,3-14H2,1-2H3. The van der Waals surface area contributed by atoms with E-state index >= 15 is 0 Å². The van der Waals surface area contributed by atoms with Gasteiger partial charge in [0, 0.05) is 4.83 Å². The van der Waals surface area contributed by atoms with Crippen molar-refractivity contribution >= 4 is 15.9 Å². The van der Waals surface area contributed by atoms with E-state index in [2.05, 4.69) is 29.8 Å². The first kappa shape index (κ1) is 16.5. The summed E-state index contributed by atoms with van der Waals surface area (Å²) in [6, 6.07) is 0. The minimum absolute atomic E-state index is 0.788. The van der Waals surface area contributed by atoms with Crippen LogP contribution in [0, 0.1) is 0 Å². The summed E-state index contributed by atoms with van der Waals surface area (Å²) in [4.78, 5) is 0.788. The maximum Gasteiger partial charge on any atom is 0.0145 e. The maximum atomic E-state index is 3.82. The third-order valence-electron chi connectivity index (χ3n) is 3.24. The van der Waals surface area contributed by atoms with Gasteiger partial charge in [0.15, 0.2) is 0 Å². The Balaban J connectivity index is 3.09. The molecule has 0 nitrogen and oxygen atoms in total. The van der Waals surface area contributed by atoms with Crippen LogP contribution in [0.25, 0.3) is 0 Å². The van der Waals surface area contributed by atoms with Crippen LogP contribution in [0.15, 0.2) is 0 Å². The topological polar surface area (TPSA) is 0 Å². The quantitative estimate of drug-likeness (QED) is 0.285. The van der Waals surface area contributed by atoms with Crippen molar-refractivity contribution in [3.05, 3.63) is 0 Å². The molecule has 1 heteroatoms. The van der Waals surface area contributed by atoms with E-state index in [1.165, 1.54) is 77.0 Å². The Hall–Kier alpha value is 0.480. The molecule has 0 atom stereocenters. The number of hydrogen-bond donors (Lipinski definition) is 0. The predicted molar refractivity (Wildman–Crippen MR) is 79.5 cm³/mol. The van der Waals surface area contributed by atoms with E-state index < -0.39 is 0 Å². The lowest BCUT2D eigenvalue weighted by Gasteiger charge is -2.09. The average Bonchev–Trinajstić information content (AvgIpc) is 2.28. The molecule has 98 valence electrons. The summed E-state index contributed by atoms with van der Waals surface area (Å²) >= 11 is 3.82. The van der Waals surface area contributed by atoms with Gasteiger partial charge in [0.05, 0.1) is 0 Å². The first-order chi connectivity index (χ1) is 7.81. The van der Waals surface area contributed by atoms with E-state index in [1.54, 1.807) is 0 Å². The fourth-order valence-electron chi connectivity index (χ4n) is 2.08. The molecule has 0 aliphatic heterocycles. The van der Waals surface area contributed by atoms with Crippen molar-refractivity contribution in [2.24, 2.45) is 0 Å². The second kappa shape index (κ2) is 13.5. The van der Waals surface area contributed by atoms with Crippen LogP contribution in [-0.4, -0.2) is 4.83 Å². The molecule has 0 N–H and O–H groups in total. The normalized spacial score (nSPS) is 11.2.